The molecule has 25 heavy (non-hydrogen) atoms. The third kappa shape index (κ3) is 5.57. The van der Waals surface area contributed by atoms with E-state index in [0.29, 0.717) is 11.6 Å². The van der Waals surface area contributed by atoms with Gasteiger partial charge in [0, 0.05) is 25.0 Å². The molecule has 132 valence electrons. The summed E-state index contributed by atoms with van der Waals surface area (Å²) in [5.41, 5.74) is 1.67. The van der Waals surface area contributed by atoms with Gasteiger partial charge in [0.25, 0.3) is 0 Å². The Balaban J connectivity index is 1.99. The zero-order valence-corrected chi connectivity index (χ0v) is 14.9. The number of nitrogens with one attached hydrogen (secondary N) is 1. The van der Waals surface area contributed by atoms with Crippen LogP contribution in [0.15, 0.2) is 48.5 Å². The van der Waals surface area contributed by atoms with Gasteiger partial charge in [0.1, 0.15) is 11.9 Å². The lowest BCUT2D eigenvalue weighted by atomic mass is 10.1. The Morgan fingerprint density at radius 1 is 1.08 bits per heavy atom. The summed E-state index contributed by atoms with van der Waals surface area (Å²) < 4.78 is 13.0. The van der Waals surface area contributed by atoms with Gasteiger partial charge in [0.15, 0.2) is 0 Å². The number of rotatable bonds is 6. The first-order valence-electron chi connectivity index (χ1n) is 7.90. The smallest absolute Gasteiger partial charge is 0.242 e. The third-order valence-electron chi connectivity index (χ3n) is 3.90. The molecule has 0 aliphatic heterocycles. The van der Waals surface area contributed by atoms with Crippen LogP contribution >= 0.6 is 11.6 Å². The molecule has 1 atom stereocenters. The molecular formula is C19H20ClFN2O2. The number of hydrogen-bond acceptors (Lipinski definition) is 2. The van der Waals surface area contributed by atoms with E-state index in [-0.39, 0.29) is 24.2 Å². The van der Waals surface area contributed by atoms with Gasteiger partial charge in [-0.15, -0.1) is 0 Å². The molecule has 2 rings (SSSR count). The summed E-state index contributed by atoms with van der Waals surface area (Å²) in [7, 11) is 0. The summed E-state index contributed by atoms with van der Waals surface area (Å²) in [4.78, 5) is 25.8. The Morgan fingerprint density at radius 3 is 2.20 bits per heavy atom. The molecule has 0 fully saturated rings. The maximum atomic E-state index is 13.0. The second-order valence-corrected chi connectivity index (χ2v) is 6.23. The number of amides is 2. The quantitative estimate of drug-likeness (QED) is 0.854. The maximum absolute atomic E-state index is 13.0. The molecule has 0 spiro atoms. The van der Waals surface area contributed by atoms with E-state index in [1.54, 1.807) is 31.2 Å². The Morgan fingerprint density at radius 2 is 1.64 bits per heavy atom. The maximum Gasteiger partial charge on any atom is 0.242 e. The number of hydrogen-bond donors (Lipinski definition) is 1. The lowest BCUT2D eigenvalue weighted by Gasteiger charge is -2.27. The van der Waals surface area contributed by atoms with Gasteiger partial charge in [-0.3, -0.25) is 9.59 Å². The summed E-state index contributed by atoms with van der Waals surface area (Å²) in [6.45, 7) is 3.67. The molecule has 0 heterocycles. The van der Waals surface area contributed by atoms with Crippen LogP contribution in [0.4, 0.5) is 4.39 Å². The molecule has 0 saturated carbocycles. The van der Waals surface area contributed by atoms with Gasteiger partial charge < -0.3 is 10.2 Å². The molecule has 0 aliphatic rings. The normalized spacial score (nSPS) is 11.7. The van der Waals surface area contributed by atoms with Gasteiger partial charge in [-0.25, -0.2) is 4.39 Å². The van der Waals surface area contributed by atoms with Crippen molar-refractivity contribution in [2.45, 2.75) is 33.0 Å². The molecule has 0 aliphatic carbocycles. The average molecular weight is 363 g/mol. The zero-order valence-electron chi connectivity index (χ0n) is 14.1. The molecule has 0 aromatic heterocycles. The van der Waals surface area contributed by atoms with Crippen molar-refractivity contribution in [3.8, 4) is 0 Å². The molecule has 2 amide bonds. The van der Waals surface area contributed by atoms with E-state index in [0.717, 1.165) is 11.1 Å². The van der Waals surface area contributed by atoms with E-state index in [1.165, 1.54) is 24.0 Å². The minimum absolute atomic E-state index is 0.224. The van der Waals surface area contributed by atoms with Crippen molar-refractivity contribution in [3.63, 3.8) is 0 Å². The average Bonchev–Trinajstić information content (AvgIpc) is 2.59. The first-order chi connectivity index (χ1) is 11.9. The van der Waals surface area contributed by atoms with Gasteiger partial charge in [-0.1, -0.05) is 35.9 Å². The largest absolute Gasteiger partial charge is 0.350 e. The highest BCUT2D eigenvalue weighted by atomic mass is 35.5. The molecule has 0 unspecified atom stereocenters. The van der Waals surface area contributed by atoms with E-state index < -0.39 is 6.04 Å². The Bertz CT molecular complexity index is 732. The predicted octanol–water partition coefficient (Wildman–Crippen LogP) is 3.53. The highest BCUT2D eigenvalue weighted by molar-refractivity contribution is 6.30. The van der Waals surface area contributed by atoms with E-state index in [4.69, 9.17) is 11.6 Å². The molecule has 6 heteroatoms. The van der Waals surface area contributed by atoms with Crippen LogP contribution in [-0.2, 0) is 22.7 Å². The van der Waals surface area contributed by atoms with Crippen molar-refractivity contribution in [1.82, 2.24) is 10.2 Å². The summed E-state index contributed by atoms with van der Waals surface area (Å²) in [5.74, 6) is -0.822. The Kier molecular flexibility index (Phi) is 6.53. The molecule has 0 saturated heterocycles. The van der Waals surface area contributed by atoms with E-state index in [2.05, 4.69) is 5.32 Å². The van der Waals surface area contributed by atoms with E-state index in [9.17, 15) is 14.0 Å². The fourth-order valence-corrected chi connectivity index (χ4v) is 2.51. The van der Waals surface area contributed by atoms with Crippen molar-refractivity contribution in [2.75, 3.05) is 0 Å². The number of benzene rings is 2. The number of halogens is 2. The first kappa shape index (κ1) is 18.9. The summed E-state index contributed by atoms with van der Waals surface area (Å²) in [5, 5.41) is 3.44. The van der Waals surface area contributed by atoms with Crippen molar-refractivity contribution in [2.24, 2.45) is 0 Å². The predicted molar refractivity (Wildman–Crippen MR) is 95.4 cm³/mol. The van der Waals surface area contributed by atoms with Crippen LogP contribution in [0.2, 0.25) is 5.02 Å². The van der Waals surface area contributed by atoms with E-state index in [1.807, 2.05) is 12.1 Å². The number of carbonyl (C=O) groups excluding carboxylic acids is 2. The molecule has 2 aromatic carbocycles. The molecule has 0 bridgehead atoms. The molecule has 2 aromatic rings. The minimum atomic E-state index is -0.644. The number of carbonyl (C=O) groups is 2. The van der Waals surface area contributed by atoms with E-state index >= 15 is 0 Å². The summed E-state index contributed by atoms with van der Waals surface area (Å²) in [6.07, 6.45) is 0. The van der Waals surface area contributed by atoms with Gasteiger partial charge in [0.05, 0.1) is 0 Å². The monoisotopic (exact) mass is 362 g/mol. The Hall–Kier alpha value is -2.40. The zero-order chi connectivity index (χ0) is 18.4. The highest BCUT2D eigenvalue weighted by Gasteiger charge is 2.23. The molecule has 4 nitrogen and oxygen atoms in total. The Labute approximate surface area is 151 Å². The van der Waals surface area contributed by atoms with Crippen LogP contribution < -0.4 is 5.32 Å². The lowest BCUT2D eigenvalue weighted by molar-refractivity contribution is -0.139. The van der Waals surface area contributed by atoms with Crippen molar-refractivity contribution in [1.29, 1.82) is 0 Å². The molecule has 1 N–H and O–H groups in total. The van der Waals surface area contributed by atoms with Gasteiger partial charge in [-0.05, 0) is 42.3 Å². The van der Waals surface area contributed by atoms with Crippen LogP contribution in [-0.4, -0.2) is 22.8 Å². The number of nitrogens with zero attached hydrogens (tertiary/aromatic N) is 1. The van der Waals surface area contributed by atoms with Crippen LogP contribution in [0.25, 0.3) is 0 Å². The fourth-order valence-electron chi connectivity index (χ4n) is 2.39. The highest BCUT2D eigenvalue weighted by Crippen LogP contribution is 2.12. The van der Waals surface area contributed by atoms with Gasteiger partial charge in [0.2, 0.25) is 11.8 Å². The SMILES string of the molecule is CC(=O)N(Cc1ccc(F)cc1)[C@@H](C)C(=O)NCc1ccc(Cl)cc1. The van der Waals surface area contributed by atoms with Gasteiger partial charge in [-0.2, -0.15) is 0 Å². The van der Waals surface area contributed by atoms with Crippen molar-refractivity contribution < 1.29 is 14.0 Å². The molecular weight excluding hydrogens is 343 g/mol. The van der Waals surface area contributed by atoms with Crippen molar-refractivity contribution >= 4 is 23.4 Å². The second-order valence-electron chi connectivity index (χ2n) is 5.79. The summed E-state index contributed by atoms with van der Waals surface area (Å²) in [6, 6.07) is 12.4. The van der Waals surface area contributed by atoms with Gasteiger partial charge >= 0.3 is 0 Å². The van der Waals surface area contributed by atoms with Crippen molar-refractivity contribution in [3.05, 3.63) is 70.5 Å². The van der Waals surface area contributed by atoms with Crippen LogP contribution in [0, 0.1) is 5.82 Å². The van der Waals surface area contributed by atoms with Crippen LogP contribution in [0.5, 0.6) is 0 Å². The lowest BCUT2D eigenvalue weighted by Crippen LogP contribution is -2.46. The second kappa shape index (κ2) is 8.62. The van der Waals surface area contributed by atoms with Crippen LogP contribution in [0.3, 0.4) is 0 Å². The fraction of sp³-hybridized carbons (Fsp3) is 0.263. The van der Waals surface area contributed by atoms with Crippen LogP contribution in [0.1, 0.15) is 25.0 Å². The summed E-state index contributed by atoms with van der Waals surface area (Å²) >= 11 is 5.83. The minimum Gasteiger partial charge on any atom is -0.350 e. The standard InChI is InChI=1S/C19H20ClFN2O2/c1-13(19(25)22-11-15-3-7-17(20)8-4-15)23(14(2)24)12-16-5-9-18(21)10-6-16/h3-10,13H,11-12H2,1-2H3,(H,22,25)/t13-/m0/s1. The first-order valence-corrected chi connectivity index (χ1v) is 8.28. The topological polar surface area (TPSA) is 49.4 Å². The molecule has 0 radical (unpaired) electrons. The third-order valence-corrected chi connectivity index (χ3v) is 4.15.